The van der Waals surface area contributed by atoms with Gasteiger partial charge < -0.3 is 14.9 Å². The van der Waals surface area contributed by atoms with E-state index in [1.807, 2.05) is 13.0 Å². The number of alkyl halides is 3. The summed E-state index contributed by atoms with van der Waals surface area (Å²) in [5.74, 6) is -2.18. The summed E-state index contributed by atoms with van der Waals surface area (Å²) in [5.41, 5.74) is -1.24. The normalized spacial score (nSPS) is 17.9. The summed E-state index contributed by atoms with van der Waals surface area (Å²) >= 11 is 0. The highest BCUT2D eigenvalue weighted by Crippen LogP contribution is 2.44. The number of rotatable bonds is 4. The van der Waals surface area contributed by atoms with E-state index in [1.54, 1.807) is 19.1 Å². The minimum Gasteiger partial charge on any atom is -0.373 e. The lowest BCUT2D eigenvalue weighted by atomic mass is 9.75. The molecule has 2 N–H and O–H groups in total. The number of carbonyl (C=O) groups is 1. The van der Waals surface area contributed by atoms with Crippen LogP contribution in [0.2, 0.25) is 0 Å². The van der Waals surface area contributed by atoms with Crippen molar-refractivity contribution in [2.45, 2.75) is 57.2 Å². The number of fused-ring (bicyclic) bond motifs is 2. The van der Waals surface area contributed by atoms with Crippen LogP contribution in [-0.2, 0) is 11.2 Å². The Morgan fingerprint density at radius 3 is 2.70 bits per heavy atom. The molecule has 4 rings (SSSR count). The van der Waals surface area contributed by atoms with Gasteiger partial charge in [0.15, 0.2) is 0 Å². The van der Waals surface area contributed by atoms with Crippen LogP contribution in [0.15, 0.2) is 45.7 Å². The van der Waals surface area contributed by atoms with Crippen molar-refractivity contribution >= 4 is 22.4 Å². The van der Waals surface area contributed by atoms with Crippen molar-refractivity contribution in [1.82, 2.24) is 5.16 Å². The number of benzene rings is 2. The molecule has 1 amide bonds. The van der Waals surface area contributed by atoms with Gasteiger partial charge in [-0.05, 0) is 73.9 Å². The largest absolute Gasteiger partial charge is 0.426 e. The maximum Gasteiger partial charge on any atom is 0.426 e. The number of nitrogens with one attached hydrogen (secondary N) is 1. The molecule has 0 fully saturated rings. The fraction of sp³-hybridized carbons (Fsp3) is 0.375. The highest BCUT2D eigenvalue weighted by molar-refractivity contribution is 5.99. The van der Waals surface area contributed by atoms with Gasteiger partial charge in [0.1, 0.15) is 0 Å². The van der Waals surface area contributed by atoms with E-state index in [0.717, 1.165) is 23.1 Å². The van der Waals surface area contributed by atoms with Gasteiger partial charge in [0.2, 0.25) is 5.60 Å². The molecule has 1 aliphatic rings. The molecule has 0 aliphatic heterocycles. The highest BCUT2D eigenvalue weighted by atomic mass is 19.4. The molecule has 33 heavy (non-hydrogen) atoms. The first-order valence-electron chi connectivity index (χ1n) is 10.6. The first-order valence-corrected chi connectivity index (χ1v) is 10.6. The van der Waals surface area contributed by atoms with Crippen molar-refractivity contribution in [2.24, 2.45) is 0 Å². The van der Waals surface area contributed by atoms with E-state index in [9.17, 15) is 27.9 Å². The molecule has 1 aliphatic carbocycles. The quantitative estimate of drug-likeness (QED) is 0.596. The Hall–Kier alpha value is -3.20. The minimum atomic E-state index is -5.19. The van der Waals surface area contributed by atoms with Gasteiger partial charge in [0.25, 0.3) is 5.91 Å². The van der Waals surface area contributed by atoms with E-state index in [1.165, 1.54) is 18.2 Å². The van der Waals surface area contributed by atoms with Crippen molar-refractivity contribution in [1.29, 1.82) is 0 Å². The number of aromatic nitrogens is 1. The van der Waals surface area contributed by atoms with E-state index in [-0.39, 0.29) is 11.1 Å². The first kappa shape index (κ1) is 23.0. The third-order valence-corrected chi connectivity index (χ3v) is 6.40. The van der Waals surface area contributed by atoms with Crippen molar-refractivity contribution in [3.8, 4) is 0 Å². The number of aliphatic hydroxyl groups is 1. The number of hydrogen-bond donors (Lipinski definition) is 2. The van der Waals surface area contributed by atoms with Crippen LogP contribution in [0.3, 0.4) is 0 Å². The summed E-state index contributed by atoms with van der Waals surface area (Å²) in [6.45, 7) is 3.46. The molecule has 2 aromatic carbocycles. The van der Waals surface area contributed by atoms with Crippen LogP contribution in [0, 0.1) is 13.8 Å². The zero-order valence-electron chi connectivity index (χ0n) is 18.1. The van der Waals surface area contributed by atoms with Gasteiger partial charge in [0, 0.05) is 17.5 Å². The number of nitrogens with zero attached hydrogens (tertiary/aromatic N) is 1. The average Bonchev–Trinajstić information content (AvgIpc) is 2.76. The van der Waals surface area contributed by atoms with Crippen molar-refractivity contribution in [3.63, 3.8) is 0 Å². The fourth-order valence-corrected chi connectivity index (χ4v) is 4.58. The lowest BCUT2D eigenvalue weighted by Crippen LogP contribution is -2.55. The van der Waals surface area contributed by atoms with Crippen molar-refractivity contribution in [2.75, 3.05) is 5.32 Å². The molecule has 2 atom stereocenters. The number of anilines is 1. The molecular weight excluding hydrogens is 437 g/mol. The van der Waals surface area contributed by atoms with Crippen LogP contribution in [-0.4, -0.2) is 27.9 Å². The summed E-state index contributed by atoms with van der Waals surface area (Å²) in [6.07, 6.45) is -4.09. The molecule has 0 bridgehead atoms. The number of hydrogen-bond acceptors (Lipinski definition) is 5. The summed E-state index contributed by atoms with van der Waals surface area (Å²) in [5, 5.41) is 17.0. The molecule has 3 aromatic rings. The topological polar surface area (TPSA) is 92.4 Å². The minimum absolute atomic E-state index is 0.00515. The molecule has 174 valence electrons. The SMILES string of the molecule is Cc1cccc2c1CCCC2CC(O)(C(=O)Nc1ccc2c(=O)onc(C)c2c1)C(F)(F)F. The second kappa shape index (κ2) is 8.30. The van der Waals surface area contributed by atoms with Crippen LogP contribution in [0.4, 0.5) is 18.9 Å². The molecule has 0 radical (unpaired) electrons. The Morgan fingerprint density at radius 2 is 1.97 bits per heavy atom. The average molecular weight is 460 g/mol. The molecule has 2 unspecified atom stereocenters. The number of amides is 1. The Bertz CT molecular complexity index is 1280. The van der Waals surface area contributed by atoms with Crippen LogP contribution in [0.25, 0.3) is 10.8 Å². The standard InChI is InChI=1S/C24H23F3N2O4/c1-13-5-3-8-18-15(6-4-7-17(13)18)12-23(32,24(25,26)27)22(31)28-16-9-10-19-20(11-16)14(2)29-33-21(19)30/h3,5,8-11,15,32H,4,6-7,12H2,1-2H3,(H,28,31). The Morgan fingerprint density at radius 1 is 1.21 bits per heavy atom. The molecule has 0 saturated carbocycles. The Labute approximate surface area is 187 Å². The lowest BCUT2D eigenvalue weighted by molar-refractivity contribution is -0.252. The maximum absolute atomic E-state index is 14.1. The molecule has 0 spiro atoms. The molecular formula is C24H23F3N2O4. The summed E-state index contributed by atoms with van der Waals surface area (Å²) in [6, 6.07) is 9.40. The van der Waals surface area contributed by atoms with Crippen LogP contribution >= 0.6 is 0 Å². The predicted molar refractivity (Wildman–Crippen MR) is 116 cm³/mol. The zero-order chi connectivity index (χ0) is 24.0. The van der Waals surface area contributed by atoms with Gasteiger partial charge in [-0.25, -0.2) is 4.79 Å². The van der Waals surface area contributed by atoms with E-state index in [4.69, 9.17) is 0 Å². The van der Waals surface area contributed by atoms with Gasteiger partial charge in [-0.2, -0.15) is 13.2 Å². The predicted octanol–water partition coefficient (Wildman–Crippen LogP) is 4.55. The van der Waals surface area contributed by atoms with Crippen LogP contribution < -0.4 is 10.9 Å². The third-order valence-electron chi connectivity index (χ3n) is 6.40. The second-order valence-electron chi connectivity index (χ2n) is 8.56. The van der Waals surface area contributed by atoms with E-state index < -0.39 is 35.6 Å². The maximum atomic E-state index is 14.1. The van der Waals surface area contributed by atoms with Gasteiger partial charge in [-0.15, -0.1) is 0 Å². The molecule has 0 saturated heterocycles. The van der Waals surface area contributed by atoms with Crippen LogP contribution in [0.5, 0.6) is 0 Å². The van der Waals surface area contributed by atoms with Crippen LogP contribution in [0.1, 0.15) is 47.6 Å². The number of carbonyl (C=O) groups excluding carboxylic acids is 1. The van der Waals surface area contributed by atoms with E-state index in [2.05, 4.69) is 15.0 Å². The Kier molecular flexibility index (Phi) is 5.78. The highest BCUT2D eigenvalue weighted by Gasteiger charge is 2.60. The zero-order valence-corrected chi connectivity index (χ0v) is 18.1. The van der Waals surface area contributed by atoms with E-state index >= 15 is 0 Å². The second-order valence-corrected chi connectivity index (χ2v) is 8.56. The van der Waals surface area contributed by atoms with Gasteiger partial charge in [-0.1, -0.05) is 23.4 Å². The van der Waals surface area contributed by atoms with E-state index in [0.29, 0.717) is 23.9 Å². The van der Waals surface area contributed by atoms with Crippen molar-refractivity contribution in [3.05, 3.63) is 69.2 Å². The number of aryl methyl sites for hydroxylation is 2. The molecule has 1 heterocycles. The molecule has 6 nitrogen and oxygen atoms in total. The molecule has 9 heteroatoms. The summed E-state index contributed by atoms with van der Waals surface area (Å²) < 4.78 is 46.8. The first-order chi connectivity index (χ1) is 15.5. The number of halogens is 3. The summed E-state index contributed by atoms with van der Waals surface area (Å²) in [4.78, 5) is 24.6. The van der Waals surface area contributed by atoms with Gasteiger partial charge >= 0.3 is 11.8 Å². The lowest BCUT2D eigenvalue weighted by Gasteiger charge is -2.35. The fourth-order valence-electron chi connectivity index (χ4n) is 4.58. The Balaban J connectivity index is 1.66. The van der Waals surface area contributed by atoms with Gasteiger partial charge in [-0.3, -0.25) is 4.79 Å². The third kappa shape index (κ3) is 4.13. The van der Waals surface area contributed by atoms with Gasteiger partial charge in [0.05, 0.1) is 11.1 Å². The summed E-state index contributed by atoms with van der Waals surface area (Å²) in [7, 11) is 0. The smallest absolute Gasteiger partial charge is 0.373 e. The van der Waals surface area contributed by atoms with Crippen molar-refractivity contribution < 1.29 is 27.6 Å². The monoisotopic (exact) mass is 460 g/mol. The molecule has 1 aromatic heterocycles.